The van der Waals surface area contributed by atoms with Crippen molar-refractivity contribution in [3.63, 3.8) is 0 Å². The van der Waals surface area contributed by atoms with Crippen LogP contribution in [-0.2, 0) is 18.6 Å². The van der Waals surface area contributed by atoms with E-state index < -0.39 is 5.72 Å². The van der Waals surface area contributed by atoms with Crippen LogP contribution in [0.5, 0.6) is 17.2 Å². The lowest BCUT2D eigenvalue weighted by atomic mass is 9.83. The summed E-state index contributed by atoms with van der Waals surface area (Å²) < 4.78 is 18.1. The number of nitrogens with zero attached hydrogens (tertiary/aromatic N) is 1. The summed E-state index contributed by atoms with van der Waals surface area (Å²) in [6.45, 7) is 0.937. The zero-order chi connectivity index (χ0) is 21.2. The third-order valence-electron chi connectivity index (χ3n) is 7.10. The summed E-state index contributed by atoms with van der Waals surface area (Å²) in [6.07, 6.45) is 2.79. The van der Waals surface area contributed by atoms with E-state index in [1.54, 1.807) is 14.2 Å². The molecule has 0 saturated carbocycles. The molecule has 1 unspecified atom stereocenters. The Labute approximate surface area is 181 Å². The van der Waals surface area contributed by atoms with Crippen LogP contribution in [-0.4, -0.2) is 37.7 Å². The van der Waals surface area contributed by atoms with Gasteiger partial charge in [-0.25, -0.2) is 0 Å². The summed E-state index contributed by atoms with van der Waals surface area (Å²) in [5.41, 5.74) is 5.58. The van der Waals surface area contributed by atoms with Crippen LogP contribution in [0.4, 0.5) is 0 Å². The van der Waals surface area contributed by atoms with Crippen molar-refractivity contribution in [1.82, 2.24) is 9.88 Å². The van der Waals surface area contributed by atoms with E-state index in [0.29, 0.717) is 0 Å². The van der Waals surface area contributed by atoms with Gasteiger partial charge >= 0.3 is 0 Å². The first kappa shape index (κ1) is 18.6. The number of aromatic nitrogens is 1. The molecule has 0 radical (unpaired) electrons. The number of benzene rings is 3. The number of para-hydroxylation sites is 1. The Bertz CT molecular complexity index is 1330. The van der Waals surface area contributed by atoms with Crippen molar-refractivity contribution in [2.75, 3.05) is 27.8 Å². The molecule has 5 heteroatoms. The fraction of sp³-hybridized carbons (Fsp3) is 0.308. The maximum Gasteiger partial charge on any atom is 0.190 e. The van der Waals surface area contributed by atoms with E-state index >= 15 is 0 Å². The number of methoxy groups -OCH3 is 2. The molecule has 158 valence electrons. The maximum absolute atomic E-state index is 6.89. The third kappa shape index (κ3) is 2.53. The number of aryl methyl sites for hydroxylation is 1. The van der Waals surface area contributed by atoms with Crippen molar-refractivity contribution in [2.45, 2.75) is 25.0 Å². The zero-order valence-electron chi connectivity index (χ0n) is 18.1. The molecule has 1 N–H and O–H groups in total. The molecular formula is C26H26N2O3. The van der Waals surface area contributed by atoms with Crippen LogP contribution < -0.4 is 14.2 Å². The average molecular weight is 415 g/mol. The molecular weight excluding hydrogens is 388 g/mol. The quantitative estimate of drug-likeness (QED) is 0.501. The highest BCUT2D eigenvalue weighted by molar-refractivity contribution is 6.08. The molecule has 4 aromatic rings. The van der Waals surface area contributed by atoms with Crippen LogP contribution in [0.25, 0.3) is 21.8 Å². The van der Waals surface area contributed by atoms with Gasteiger partial charge in [-0.1, -0.05) is 18.2 Å². The topological polar surface area (TPSA) is 46.7 Å². The predicted molar refractivity (Wildman–Crippen MR) is 122 cm³/mol. The van der Waals surface area contributed by atoms with Crippen molar-refractivity contribution >= 4 is 21.8 Å². The standard InChI is InChI=1S/C26H26N2O3/c1-28-13-11-16-14-23(29-2)24(30-3)15-20(16)26(28)12-10-19-22(31-26)9-8-18-17-6-4-5-7-21(17)27-25(18)19/h4-9,14-15,27H,10-13H2,1-3H3. The Morgan fingerprint density at radius 1 is 0.968 bits per heavy atom. The molecule has 2 aliphatic heterocycles. The summed E-state index contributed by atoms with van der Waals surface area (Å²) in [5, 5.41) is 2.52. The van der Waals surface area contributed by atoms with Gasteiger partial charge in [-0.3, -0.25) is 4.90 Å². The third-order valence-corrected chi connectivity index (χ3v) is 7.10. The second-order valence-electron chi connectivity index (χ2n) is 8.56. The van der Waals surface area contributed by atoms with Gasteiger partial charge in [-0.15, -0.1) is 0 Å². The van der Waals surface area contributed by atoms with Gasteiger partial charge in [0.1, 0.15) is 5.75 Å². The van der Waals surface area contributed by atoms with Gasteiger partial charge in [-0.05, 0) is 55.8 Å². The Morgan fingerprint density at radius 2 is 1.77 bits per heavy atom. The summed E-state index contributed by atoms with van der Waals surface area (Å²) in [5.74, 6) is 2.48. The molecule has 5 nitrogen and oxygen atoms in total. The fourth-order valence-electron chi connectivity index (χ4n) is 5.45. The van der Waals surface area contributed by atoms with Gasteiger partial charge in [-0.2, -0.15) is 0 Å². The number of rotatable bonds is 2. The minimum absolute atomic E-state index is 0.500. The monoisotopic (exact) mass is 414 g/mol. The predicted octanol–water partition coefficient (Wildman–Crippen LogP) is 5.00. The first-order valence-electron chi connectivity index (χ1n) is 10.8. The molecule has 0 bridgehead atoms. The Kier molecular flexibility index (Phi) is 3.99. The highest BCUT2D eigenvalue weighted by Gasteiger charge is 2.46. The zero-order valence-corrected chi connectivity index (χ0v) is 18.1. The lowest BCUT2D eigenvalue weighted by Crippen LogP contribution is -2.54. The lowest BCUT2D eigenvalue weighted by molar-refractivity contribution is -0.100. The van der Waals surface area contributed by atoms with Crippen molar-refractivity contribution in [1.29, 1.82) is 0 Å². The average Bonchev–Trinajstić information content (AvgIpc) is 3.20. The van der Waals surface area contributed by atoms with Gasteiger partial charge in [0.05, 0.1) is 19.7 Å². The van der Waals surface area contributed by atoms with Gasteiger partial charge < -0.3 is 19.2 Å². The van der Waals surface area contributed by atoms with E-state index in [0.717, 1.165) is 43.1 Å². The second kappa shape index (κ2) is 6.66. The van der Waals surface area contributed by atoms with Gasteiger partial charge in [0.25, 0.3) is 0 Å². The van der Waals surface area contributed by atoms with E-state index in [-0.39, 0.29) is 0 Å². The van der Waals surface area contributed by atoms with Crippen LogP contribution in [0.3, 0.4) is 0 Å². The highest BCUT2D eigenvalue weighted by atomic mass is 16.5. The lowest BCUT2D eigenvalue weighted by Gasteiger charge is -2.48. The van der Waals surface area contributed by atoms with Crippen LogP contribution in [0, 0.1) is 0 Å². The van der Waals surface area contributed by atoms with Gasteiger partial charge in [0, 0.05) is 40.4 Å². The summed E-state index contributed by atoms with van der Waals surface area (Å²) in [4.78, 5) is 5.98. The normalized spacial score (nSPS) is 20.5. The molecule has 1 atom stereocenters. The number of hydrogen-bond donors (Lipinski definition) is 1. The Hall–Kier alpha value is -3.18. The van der Waals surface area contributed by atoms with Crippen LogP contribution in [0.1, 0.15) is 23.1 Å². The van der Waals surface area contributed by atoms with Crippen LogP contribution in [0.2, 0.25) is 0 Å². The first-order valence-corrected chi connectivity index (χ1v) is 10.8. The minimum atomic E-state index is -0.500. The molecule has 1 aromatic heterocycles. The van der Waals surface area contributed by atoms with Crippen LogP contribution >= 0.6 is 0 Å². The molecule has 0 fully saturated rings. The molecule has 0 aliphatic carbocycles. The molecule has 0 saturated heterocycles. The number of hydrogen-bond acceptors (Lipinski definition) is 4. The molecule has 6 rings (SSSR count). The molecule has 31 heavy (non-hydrogen) atoms. The van der Waals surface area contributed by atoms with E-state index in [1.165, 1.54) is 38.5 Å². The fourth-order valence-corrected chi connectivity index (χ4v) is 5.45. The van der Waals surface area contributed by atoms with Gasteiger partial charge in [0.2, 0.25) is 0 Å². The van der Waals surface area contributed by atoms with E-state index in [2.05, 4.69) is 65.5 Å². The number of aromatic amines is 1. The number of fused-ring (bicyclic) bond motifs is 7. The van der Waals surface area contributed by atoms with Crippen molar-refractivity contribution in [2.24, 2.45) is 0 Å². The molecule has 0 amide bonds. The second-order valence-corrected chi connectivity index (χ2v) is 8.56. The SMILES string of the molecule is COc1cc2c(cc1OC)C1(CCc3c(ccc4c3[nH]c3ccccc34)O1)N(C)CC2. The Balaban J connectivity index is 1.51. The summed E-state index contributed by atoms with van der Waals surface area (Å²) >= 11 is 0. The van der Waals surface area contributed by atoms with E-state index in [9.17, 15) is 0 Å². The van der Waals surface area contributed by atoms with Crippen molar-refractivity contribution < 1.29 is 14.2 Å². The van der Waals surface area contributed by atoms with Gasteiger partial charge in [0.15, 0.2) is 17.2 Å². The Morgan fingerprint density at radius 3 is 2.61 bits per heavy atom. The number of nitrogens with one attached hydrogen (secondary N) is 1. The van der Waals surface area contributed by atoms with E-state index in [1.807, 2.05) is 0 Å². The molecule has 3 heterocycles. The summed E-state index contributed by atoms with van der Waals surface area (Å²) in [7, 11) is 5.53. The number of likely N-dealkylation sites (N-methyl/N-ethyl adjacent to an activating group) is 1. The minimum Gasteiger partial charge on any atom is -0.493 e. The highest BCUT2D eigenvalue weighted by Crippen LogP contribution is 2.49. The molecule has 2 aliphatic rings. The largest absolute Gasteiger partial charge is 0.493 e. The van der Waals surface area contributed by atoms with E-state index in [4.69, 9.17) is 14.2 Å². The summed E-state index contributed by atoms with van der Waals surface area (Å²) in [6, 6.07) is 17.0. The number of H-pyrrole nitrogens is 1. The number of ether oxygens (including phenoxy) is 3. The van der Waals surface area contributed by atoms with Crippen LogP contribution in [0.15, 0.2) is 48.5 Å². The van der Waals surface area contributed by atoms with Crippen molar-refractivity contribution in [3.05, 3.63) is 65.2 Å². The molecule has 1 spiro atoms. The molecule has 3 aromatic carbocycles. The maximum atomic E-state index is 6.89. The van der Waals surface area contributed by atoms with Crippen molar-refractivity contribution in [3.8, 4) is 17.2 Å². The smallest absolute Gasteiger partial charge is 0.190 e. The first-order chi connectivity index (χ1) is 15.1.